The molecule has 4 nitrogen and oxygen atoms in total. The van der Waals surface area contributed by atoms with Gasteiger partial charge < -0.3 is 9.47 Å². The van der Waals surface area contributed by atoms with Gasteiger partial charge >= 0.3 is 6.09 Å². The van der Waals surface area contributed by atoms with Crippen LogP contribution in [0.2, 0.25) is 0 Å². The first-order valence-corrected chi connectivity index (χ1v) is 5.40. The second-order valence-electron chi connectivity index (χ2n) is 4.06. The highest BCUT2D eigenvalue weighted by atomic mass is 16.6. The third-order valence-electron chi connectivity index (χ3n) is 3.28. The molecule has 0 radical (unpaired) electrons. The summed E-state index contributed by atoms with van der Waals surface area (Å²) in [5, 5.41) is 0. The minimum absolute atomic E-state index is 0.176. The second-order valence-corrected chi connectivity index (χ2v) is 4.06. The maximum Gasteiger partial charge on any atom is 0.416 e. The van der Waals surface area contributed by atoms with Gasteiger partial charge in [0.2, 0.25) is 0 Å². The Bertz CT molecular complexity index is 432. The molecule has 0 aromatic heterocycles. The van der Waals surface area contributed by atoms with Crippen LogP contribution >= 0.6 is 0 Å². The largest absolute Gasteiger partial charge is 0.452 e. The van der Waals surface area contributed by atoms with E-state index in [1.165, 1.54) is 12.7 Å². The average Bonchev–Trinajstić information content (AvgIpc) is 2.87. The van der Waals surface area contributed by atoms with Crippen LogP contribution in [0.3, 0.4) is 0 Å². The van der Waals surface area contributed by atoms with Gasteiger partial charge in [-0.05, 0) is 18.1 Å². The first kappa shape index (κ1) is 9.66. The molecular weight excluding hydrogens is 206 g/mol. The highest BCUT2D eigenvalue weighted by Gasteiger charge is 2.45. The number of nitrogens with zero attached hydrogens (tertiary/aromatic N) is 1. The lowest BCUT2D eigenvalue weighted by Gasteiger charge is -2.22. The minimum atomic E-state index is -0.346. The second kappa shape index (κ2) is 3.49. The molecule has 1 aromatic carbocycles. The van der Waals surface area contributed by atoms with Crippen molar-refractivity contribution in [3.8, 4) is 0 Å². The van der Waals surface area contributed by atoms with Gasteiger partial charge in [-0.15, -0.1) is 0 Å². The van der Waals surface area contributed by atoms with Crippen molar-refractivity contribution in [2.75, 3.05) is 18.6 Å². The molecule has 3 rings (SSSR count). The predicted molar refractivity (Wildman–Crippen MR) is 58.4 cm³/mol. The number of anilines is 1. The lowest BCUT2D eigenvalue weighted by atomic mass is 9.99. The van der Waals surface area contributed by atoms with Gasteiger partial charge in [0.05, 0.1) is 12.8 Å². The molecule has 0 aliphatic carbocycles. The standard InChI is InChI=1S/C12H13NO3/c1-15-12(14)13-10-5-3-2-4-8(10)9-6-7-16-11(9)13/h2-5,9,11H,6-7H2,1H3/t9-,11-/m0/s1. The molecule has 16 heavy (non-hydrogen) atoms. The number of hydrogen-bond donors (Lipinski definition) is 0. The Labute approximate surface area is 93.8 Å². The van der Waals surface area contributed by atoms with E-state index >= 15 is 0 Å². The van der Waals surface area contributed by atoms with Crippen LogP contribution in [0.1, 0.15) is 17.9 Å². The summed E-state index contributed by atoms with van der Waals surface area (Å²) in [6, 6.07) is 7.92. The van der Waals surface area contributed by atoms with Crippen molar-refractivity contribution in [1.29, 1.82) is 0 Å². The Morgan fingerprint density at radius 3 is 3.12 bits per heavy atom. The Hall–Kier alpha value is -1.55. The summed E-state index contributed by atoms with van der Waals surface area (Å²) in [7, 11) is 1.40. The fourth-order valence-corrected chi connectivity index (χ4v) is 2.60. The summed E-state index contributed by atoms with van der Waals surface area (Å²) in [4.78, 5) is 13.4. The molecule has 0 unspecified atom stereocenters. The molecule has 1 aromatic rings. The number of amides is 1. The summed E-state index contributed by atoms with van der Waals surface area (Å²) in [6.45, 7) is 0.706. The number of carbonyl (C=O) groups is 1. The molecular formula is C12H13NO3. The molecule has 1 amide bonds. The van der Waals surface area contributed by atoms with Gasteiger partial charge in [-0.2, -0.15) is 0 Å². The Kier molecular flexibility index (Phi) is 2.11. The average molecular weight is 219 g/mol. The molecule has 4 heteroatoms. The van der Waals surface area contributed by atoms with Crippen molar-refractivity contribution in [1.82, 2.24) is 0 Å². The third kappa shape index (κ3) is 1.16. The van der Waals surface area contributed by atoms with E-state index in [0.717, 1.165) is 12.1 Å². The topological polar surface area (TPSA) is 38.8 Å². The maximum absolute atomic E-state index is 11.7. The molecule has 2 aliphatic heterocycles. The molecule has 0 bridgehead atoms. The normalized spacial score (nSPS) is 26.4. The van der Waals surface area contributed by atoms with E-state index in [9.17, 15) is 4.79 Å². The number of hydrogen-bond acceptors (Lipinski definition) is 3. The lowest BCUT2D eigenvalue weighted by Crippen LogP contribution is -2.38. The third-order valence-corrected chi connectivity index (χ3v) is 3.28. The van der Waals surface area contributed by atoms with Crippen molar-refractivity contribution in [3.63, 3.8) is 0 Å². The number of methoxy groups -OCH3 is 1. The molecule has 0 N–H and O–H groups in total. The molecule has 2 atom stereocenters. The monoisotopic (exact) mass is 219 g/mol. The highest BCUT2D eigenvalue weighted by molar-refractivity contribution is 5.91. The summed E-state index contributed by atoms with van der Waals surface area (Å²) in [5.74, 6) is 0.301. The zero-order valence-corrected chi connectivity index (χ0v) is 9.05. The summed E-state index contributed by atoms with van der Waals surface area (Å²) < 4.78 is 10.4. The number of rotatable bonds is 0. The van der Waals surface area contributed by atoms with E-state index < -0.39 is 0 Å². The van der Waals surface area contributed by atoms with Crippen LogP contribution < -0.4 is 4.90 Å². The van der Waals surface area contributed by atoms with E-state index in [1.54, 1.807) is 4.90 Å². The van der Waals surface area contributed by atoms with E-state index in [-0.39, 0.29) is 12.3 Å². The van der Waals surface area contributed by atoms with E-state index in [1.807, 2.05) is 18.2 Å². The predicted octanol–water partition coefficient (Wildman–Crippen LogP) is 2.10. The highest BCUT2D eigenvalue weighted by Crippen LogP contribution is 2.46. The first-order valence-electron chi connectivity index (χ1n) is 5.40. The van der Waals surface area contributed by atoms with Crippen molar-refractivity contribution < 1.29 is 14.3 Å². The molecule has 2 heterocycles. The van der Waals surface area contributed by atoms with Gasteiger partial charge in [-0.3, -0.25) is 4.90 Å². The van der Waals surface area contributed by atoms with Crippen LogP contribution in [0.25, 0.3) is 0 Å². The first-order chi connectivity index (χ1) is 7.83. The SMILES string of the molecule is COC(=O)N1c2ccccc2[C@@H]2CCO[C@@H]21. The molecule has 0 saturated carbocycles. The quantitative estimate of drug-likeness (QED) is 0.670. The fourth-order valence-electron chi connectivity index (χ4n) is 2.60. The number of fused-ring (bicyclic) bond motifs is 3. The number of ether oxygens (including phenoxy) is 2. The molecule has 1 fully saturated rings. The smallest absolute Gasteiger partial charge is 0.416 e. The minimum Gasteiger partial charge on any atom is -0.452 e. The maximum atomic E-state index is 11.7. The number of benzene rings is 1. The van der Waals surface area contributed by atoms with Crippen LogP contribution in [0, 0.1) is 0 Å². The summed E-state index contributed by atoms with van der Waals surface area (Å²) in [5.41, 5.74) is 2.11. The van der Waals surface area contributed by atoms with E-state index in [4.69, 9.17) is 9.47 Å². The van der Waals surface area contributed by atoms with Gasteiger partial charge in [0.25, 0.3) is 0 Å². The Balaban J connectivity index is 2.08. The van der Waals surface area contributed by atoms with Crippen LogP contribution in [-0.2, 0) is 9.47 Å². The van der Waals surface area contributed by atoms with Crippen molar-refractivity contribution in [2.24, 2.45) is 0 Å². The van der Waals surface area contributed by atoms with Crippen LogP contribution in [0.5, 0.6) is 0 Å². The van der Waals surface area contributed by atoms with Gasteiger partial charge in [0.15, 0.2) is 0 Å². The van der Waals surface area contributed by atoms with Crippen LogP contribution in [0.15, 0.2) is 24.3 Å². The van der Waals surface area contributed by atoms with Gasteiger partial charge in [-0.1, -0.05) is 18.2 Å². The summed E-state index contributed by atoms with van der Waals surface area (Å²) >= 11 is 0. The molecule has 2 aliphatic rings. The lowest BCUT2D eigenvalue weighted by molar-refractivity contribution is 0.0969. The summed E-state index contributed by atoms with van der Waals surface area (Å²) in [6.07, 6.45) is 0.446. The number of carbonyl (C=O) groups excluding carboxylic acids is 1. The zero-order valence-electron chi connectivity index (χ0n) is 9.05. The molecule has 84 valence electrons. The van der Waals surface area contributed by atoms with Gasteiger partial charge in [0, 0.05) is 12.5 Å². The van der Waals surface area contributed by atoms with Gasteiger partial charge in [0.1, 0.15) is 6.23 Å². The van der Waals surface area contributed by atoms with Crippen molar-refractivity contribution in [2.45, 2.75) is 18.6 Å². The molecule has 0 spiro atoms. The fraction of sp³-hybridized carbons (Fsp3) is 0.417. The van der Waals surface area contributed by atoms with Crippen molar-refractivity contribution in [3.05, 3.63) is 29.8 Å². The van der Waals surface area contributed by atoms with E-state index in [2.05, 4.69) is 6.07 Å². The number of para-hydroxylation sites is 1. The van der Waals surface area contributed by atoms with Crippen LogP contribution in [0.4, 0.5) is 10.5 Å². The van der Waals surface area contributed by atoms with Crippen LogP contribution in [-0.4, -0.2) is 26.0 Å². The Morgan fingerprint density at radius 2 is 2.31 bits per heavy atom. The Morgan fingerprint density at radius 1 is 1.50 bits per heavy atom. The zero-order chi connectivity index (χ0) is 11.1. The van der Waals surface area contributed by atoms with Gasteiger partial charge in [-0.25, -0.2) is 4.79 Å². The molecule has 1 saturated heterocycles. The van der Waals surface area contributed by atoms with E-state index in [0.29, 0.717) is 12.5 Å². The van der Waals surface area contributed by atoms with Crippen molar-refractivity contribution >= 4 is 11.8 Å².